The van der Waals surface area contributed by atoms with Gasteiger partial charge in [0.1, 0.15) is 11.9 Å². The summed E-state index contributed by atoms with van der Waals surface area (Å²) in [5.41, 5.74) is 3.15. The third kappa shape index (κ3) is 2.39. The van der Waals surface area contributed by atoms with Crippen molar-refractivity contribution in [2.45, 2.75) is 19.4 Å². The fourth-order valence-corrected chi connectivity index (χ4v) is 2.75. The van der Waals surface area contributed by atoms with Crippen LogP contribution in [-0.4, -0.2) is 19.0 Å². The molecule has 3 rings (SSSR count). The van der Waals surface area contributed by atoms with Gasteiger partial charge in [0, 0.05) is 16.7 Å². The molecular formula is C19H18O3. The number of hydrogen-bond acceptors (Lipinski definition) is 3. The van der Waals surface area contributed by atoms with Crippen LogP contribution in [-0.2, 0) is 0 Å². The minimum atomic E-state index is -0.479. The lowest BCUT2D eigenvalue weighted by molar-refractivity contribution is 0.112. The highest BCUT2D eigenvalue weighted by Crippen LogP contribution is 2.49. The Morgan fingerprint density at radius 3 is 2.45 bits per heavy atom. The molecule has 0 atom stereocenters. The molecule has 1 aliphatic heterocycles. The summed E-state index contributed by atoms with van der Waals surface area (Å²) in [6.45, 7) is 4.03. The summed E-state index contributed by atoms with van der Waals surface area (Å²) in [4.78, 5) is 11.2. The van der Waals surface area contributed by atoms with Crippen LogP contribution in [0.4, 0.5) is 0 Å². The Morgan fingerprint density at radius 2 is 1.82 bits per heavy atom. The zero-order valence-electron chi connectivity index (χ0n) is 12.9. The van der Waals surface area contributed by atoms with E-state index in [-0.39, 0.29) is 0 Å². The van der Waals surface area contributed by atoms with Gasteiger partial charge < -0.3 is 9.47 Å². The zero-order valence-corrected chi connectivity index (χ0v) is 12.9. The normalized spacial score (nSPS) is 17.0. The monoisotopic (exact) mass is 294 g/mol. The molecule has 0 bridgehead atoms. The molecule has 2 aromatic rings. The van der Waals surface area contributed by atoms with Gasteiger partial charge >= 0.3 is 0 Å². The summed E-state index contributed by atoms with van der Waals surface area (Å²) in [5, 5.41) is 0. The molecule has 1 heterocycles. The first kappa shape index (κ1) is 14.4. The molecule has 112 valence electrons. The number of aldehydes is 1. The fraction of sp³-hybridized carbons (Fsp3) is 0.211. The van der Waals surface area contributed by atoms with E-state index in [4.69, 9.17) is 9.47 Å². The summed E-state index contributed by atoms with van der Waals surface area (Å²) in [5.74, 6) is 1.28. The average Bonchev–Trinajstić information content (AvgIpc) is 2.78. The van der Waals surface area contributed by atoms with Crippen LogP contribution in [0.1, 0.15) is 35.3 Å². The number of rotatable bonds is 3. The van der Waals surface area contributed by atoms with Crippen LogP contribution in [0.5, 0.6) is 11.5 Å². The van der Waals surface area contributed by atoms with Crippen LogP contribution in [0.3, 0.4) is 0 Å². The maximum atomic E-state index is 11.2. The molecule has 0 saturated heterocycles. The second kappa shape index (κ2) is 5.34. The minimum Gasteiger partial charge on any atom is -0.493 e. The molecule has 0 radical (unpaired) electrons. The Bertz CT molecular complexity index is 743. The van der Waals surface area contributed by atoms with Gasteiger partial charge in [-0.2, -0.15) is 0 Å². The number of hydrogen-bond donors (Lipinski definition) is 0. The molecule has 1 aliphatic rings. The average molecular weight is 294 g/mol. The molecule has 0 unspecified atom stereocenters. The second-order valence-corrected chi connectivity index (χ2v) is 5.80. The van der Waals surface area contributed by atoms with Gasteiger partial charge in [-0.1, -0.05) is 30.3 Å². The summed E-state index contributed by atoms with van der Waals surface area (Å²) < 4.78 is 11.5. The topological polar surface area (TPSA) is 35.5 Å². The van der Waals surface area contributed by atoms with Crippen LogP contribution >= 0.6 is 0 Å². The van der Waals surface area contributed by atoms with Crippen LogP contribution in [0, 0.1) is 0 Å². The quantitative estimate of drug-likeness (QED) is 0.795. The predicted octanol–water partition coefficient (Wildman–Crippen LogP) is 4.22. The number of methoxy groups -OCH3 is 1. The molecule has 0 spiro atoms. The number of carbonyl (C=O) groups excluding carboxylic acids is 1. The summed E-state index contributed by atoms with van der Waals surface area (Å²) in [6, 6.07) is 13.6. The van der Waals surface area contributed by atoms with E-state index < -0.39 is 5.60 Å². The highest BCUT2D eigenvalue weighted by molar-refractivity contribution is 5.94. The van der Waals surface area contributed by atoms with Gasteiger partial charge in [-0.3, -0.25) is 4.79 Å². The van der Waals surface area contributed by atoms with E-state index in [1.165, 1.54) is 0 Å². The van der Waals surface area contributed by atoms with E-state index in [9.17, 15) is 4.79 Å². The minimum absolute atomic E-state index is 0.479. The lowest BCUT2D eigenvalue weighted by Gasteiger charge is -2.20. The highest BCUT2D eigenvalue weighted by atomic mass is 16.5. The number of benzene rings is 2. The van der Waals surface area contributed by atoms with Crippen molar-refractivity contribution < 1.29 is 14.3 Å². The first-order chi connectivity index (χ1) is 10.5. The van der Waals surface area contributed by atoms with Gasteiger partial charge in [0.2, 0.25) is 0 Å². The fourth-order valence-electron chi connectivity index (χ4n) is 2.75. The molecule has 0 aliphatic carbocycles. The molecule has 2 aromatic carbocycles. The Hall–Kier alpha value is -2.55. The van der Waals surface area contributed by atoms with Crippen molar-refractivity contribution >= 4 is 17.9 Å². The largest absolute Gasteiger partial charge is 0.493 e. The molecule has 0 fully saturated rings. The summed E-state index contributed by atoms with van der Waals surface area (Å²) in [7, 11) is 1.58. The van der Waals surface area contributed by atoms with Crippen molar-refractivity contribution in [3.8, 4) is 11.5 Å². The molecule has 0 N–H and O–H groups in total. The van der Waals surface area contributed by atoms with E-state index >= 15 is 0 Å². The third-order valence-corrected chi connectivity index (χ3v) is 3.84. The lowest BCUT2D eigenvalue weighted by Crippen LogP contribution is -2.24. The van der Waals surface area contributed by atoms with Gasteiger partial charge in [0.25, 0.3) is 0 Å². The molecule has 0 saturated carbocycles. The summed E-state index contributed by atoms with van der Waals surface area (Å²) in [6.07, 6.45) is 2.92. The van der Waals surface area contributed by atoms with Crippen LogP contribution in [0.15, 0.2) is 42.5 Å². The third-order valence-electron chi connectivity index (χ3n) is 3.84. The lowest BCUT2D eigenvalue weighted by atomic mass is 9.91. The van der Waals surface area contributed by atoms with E-state index in [0.29, 0.717) is 17.1 Å². The Morgan fingerprint density at radius 1 is 1.09 bits per heavy atom. The highest BCUT2D eigenvalue weighted by Gasteiger charge is 2.38. The zero-order chi connectivity index (χ0) is 15.7. The maximum absolute atomic E-state index is 11.2. The predicted molar refractivity (Wildman–Crippen MR) is 87.4 cm³/mol. The van der Waals surface area contributed by atoms with Crippen LogP contribution in [0.2, 0.25) is 0 Å². The number of fused-ring (bicyclic) bond motifs is 1. The Labute approximate surface area is 130 Å². The number of carbonyl (C=O) groups is 1. The van der Waals surface area contributed by atoms with Crippen molar-refractivity contribution in [3.63, 3.8) is 0 Å². The van der Waals surface area contributed by atoms with Gasteiger partial charge in [-0.25, -0.2) is 0 Å². The molecule has 0 aromatic heterocycles. The smallest absolute Gasteiger partial charge is 0.170 e. The summed E-state index contributed by atoms with van der Waals surface area (Å²) >= 11 is 0. The number of ether oxygens (including phenoxy) is 2. The maximum Gasteiger partial charge on any atom is 0.170 e. The van der Waals surface area contributed by atoms with Crippen molar-refractivity contribution in [1.29, 1.82) is 0 Å². The SMILES string of the molecule is COc1cc(C=O)cc2c1OC(C)(C)/C2=C\c1ccccc1. The van der Waals surface area contributed by atoms with Gasteiger partial charge in [-0.15, -0.1) is 0 Å². The second-order valence-electron chi connectivity index (χ2n) is 5.80. The van der Waals surface area contributed by atoms with Gasteiger partial charge in [-0.05, 0) is 37.6 Å². The molecular weight excluding hydrogens is 276 g/mol. The Balaban J connectivity index is 2.21. The first-order valence-corrected chi connectivity index (χ1v) is 7.19. The van der Waals surface area contributed by atoms with E-state index in [0.717, 1.165) is 23.0 Å². The van der Waals surface area contributed by atoms with Crippen molar-refractivity contribution in [3.05, 3.63) is 59.2 Å². The van der Waals surface area contributed by atoms with Gasteiger partial charge in [0.15, 0.2) is 11.5 Å². The Kier molecular flexibility index (Phi) is 3.49. The standard InChI is InChI=1S/C19H18O3/c1-19(2)16(10-13-7-5-4-6-8-13)15-9-14(12-20)11-17(21-3)18(15)22-19/h4-12H,1-3H3/b16-10-. The van der Waals surface area contributed by atoms with Crippen molar-refractivity contribution in [2.24, 2.45) is 0 Å². The van der Waals surface area contributed by atoms with Crippen molar-refractivity contribution in [2.75, 3.05) is 7.11 Å². The van der Waals surface area contributed by atoms with E-state index in [2.05, 4.69) is 6.08 Å². The van der Waals surface area contributed by atoms with Gasteiger partial charge in [0.05, 0.1) is 7.11 Å². The molecule has 3 nitrogen and oxygen atoms in total. The van der Waals surface area contributed by atoms with Crippen LogP contribution < -0.4 is 9.47 Å². The molecule has 0 amide bonds. The van der Waals surface area contributed by atoms with E-state index in [1.54, 1.807) is 13.2 Å². The molecule has 3 heteroatoms. The first-order valence-electron chi connectivity index (χ1n) is 7.19. The molecule has 22 heavy (non-hydrogen) atoms. The van der Waals surface area contributed by atoms with Crippen LogP contribution in [0.25, 0.3) is 11.6 Å². The van der Waals surface area contributed by atoms with Crippen molar-refractivity contribution in [1.82, 2.24) is 0 Å². The van der Waals surface area contributed by atoms with E-state index in [1.807, 2.05) is 50.2 Å².